The maximum absolute atomic E-state index is 11.5. The van der Waals surface area contributed by atoms with Crippen LogP contribution in [0.4, 0.5) is 5.69 Å². The molecule has 0 saturated carbocycles. The van der Waals surface area contributed by atoms with Crippen LogP contribution in [-0.4, -0.2) is 4.92 Å². The van der Waals surface area contributed by atoms with E-state index in [0.29, 0.717) is 21.7 Å². The summed E-state index contributed by atoms with van der Waals surface area (Å²) < 4.78 is 5.63. The number of nitriles is 1. The Labute approximate surface area is 167 Å². The predicted molar refractivity (Wildman–Crippen MR) is 109 cm³/mol. The fourth-order valence-electron chi connectivity index (χ4n) is 2.60. The van der Waals surface area contributed by atoms with Crippen molar-refractivity contribution < 1.29 is 9.66 Å². The second-order valence-corrected chi connectivity index (χ2v) is 6.37. The topological polar surface area (TPSA) is 76.2 Å². The molecule has 0 radical (unpaired) electrons. The Morgan fingerprint density at radius 3 is 2.46 bits per heavy atom. The molecule has 0 spiro atoms. The van der Waals surface area contributed by atoms with E-state index < -0.39 is 4.92 Å². The maximum Gasteiger partial charge on any atom is 0.311 e. The highest BCUT2D eigenvalue weighted by molar-refractivity contribution is 6.30. The van der Waals surface area contributed by atoms with Gasteiger partial charge in [0, 0.05) is 11.1 Å². The summed E-state index contributed by atoms with van der Waals surface area (Å²) in [6.07, 6.45) is 1.59. The molecule has 28 heavy (non-hydrogen) atoms. The third-order valence-corrected chi connectivity index (χ3v) is 4.26. The Kier molecular flexibility index (Phi) is 6.05. The SMILES string of the molecule is N#C/C(=C/c1ccc(OCc2ccccc2)c([N+](=O)[O-])c1)c1ccc(Cl)cc1. The first-order valence-electron chi connectivity index (χ1n) is 8.40. The van der Waals surface area contributed by atoms with E-state index in [2.05, 4.69) is 6.07 Å². The van der Waals surface area contributed by atoms with Gasteiger partial charge in [-0.25, -0.2) is 0 Å². The predicted octanol–water partition coefficient (Wildman–Crippen LogP) is 5.89. The van der Waals surface area contributed by atoms with E-state index in [1.54, 1.807) is 42.5 Å². The van der Waals surface area contributed by atoms with Crippen LogP contribution in [-0.2, 0) is 6.61 Å². The quantitative estimate of drug-likeness (QED) is 0.227. The van der Waals surface area contributed by atoms with E-state index in [-0.39, 0.29) is 18.0 Å². The average Bonchev–Trinajstić information content (AvgIpc) is 2.72. The molecule has 0 saturated heterocycles. The summed E-state index contributed by atoms with van der Waals surface area (Å²) in [4.78, 5) is 11.0. The van der Waals surface area contributed by atoms with E-state index >= 15 is 0 Å². The molecular weight excluding hydrogens is 376 g/mol. The molecule has 6 heteroatoms. The number of ether oxygens (including phenoxy) is 1. The average molecular weight is 391 g/mol. The summed E-state index contributed by atoms with van der Waals surface area (Å²) in [7, 11) is 0. The van der Waals surface area contributed by atoms with E-state index in [0.717, 1.165) is 5.56 Å². The summed E-state index contributed by atoms with van der Waals surface area (Å²) in [5, 5.41) is 21.5. The Morgan fingerprint density at radius 2 is 1.82 bits per heavy atom. The maximum atomic E-state index is 11.5. The molecule has 0 atom stereocenters. The molecule has 3 aromatic carbocycles. The van der Waals surface area contributed by atoms with Crippen molar-refractivity contribution >= 4 is 28.9 Å². The van der Waals surface area contributed by atoms with Gasteiger partial charge in [0.05, 0.1) is 16.6 Å². The molecule has 0 heterocycles. The van der Waals surface area contributed by atoms with Gasteiger partial charge >= 0.3 is 5.69 Å². The normalized spacial score (nSPS) is 10.9. The van der Waals surface area contributed by atoms with Crippen LogP contribution in [0.15, 0.2) is 72.8 Å². The van der Waals surface area contributed by atoms with Gasteiger partial charge in [-0.2, -0.15) is 5.26 Å². The van der Waals surface area contributed by atoms with Gasteiger partial charge in [0.15, 0.2) is 5.75 Å². The highest BCUT2D eigenvalue weighted by Gasteiger charge is 2.16. The smallest absolute Gasteiger partial charge is 0.311 e. The Balaban J connectivity index is 1.88. The van der Waals surface area contributed by atoms with E-state index in [1.165, 1.54) is 6.07 Å². The first-order chi connectivity index (χ1) is 13.6. The molecule has 0 aliphatic rings. The van der Waals surface area contributed by atoms with Gasteiger partial charge in [-0.05, 0) is 41.0 Å². The molecule has 0 amide bonds. The van der Waals surface area contributed by atoms with Crippen molar-refractivity contribution in [2.45, 2.75) is 6.61 Å². The first-order valence-corrected chi connectivity index (χ1v) is 8.77. The fraction of sp³-hybridized carbons (Fsp3) is 0.0455. The molecule has 0 aliphatic carbocycles. The van der Waals surface area contributed by atoms with Gasteiger partial charge in [-0.3, -0.25) is 10.1 Å². The fourth-order valence-corrected chi connectivity index (χ4v) is 2.73. The highest BCUT2D eigenvalue weighted by atomic mass is 35.5. The number of hydrogen-bond donors (Lipinski definition) is 0. The summed E-state index contributed by atoms with van der Waals surface area (Å²) in [5.74, 6) is 0.177. The van der Waals surface area contributed by atoms with Crippen LogP contribution >= 0.6 is 11.6 Å². The second-order valence-electron chi connectivity index (χ2n) is 5.94. The Hall–Kier alpha value is -3.62. The number of benzene rings is 3. The minimum absolute atomic E-state index is 0.155. The number of hydrogen-bond acceptors (Lipinski definition) is 4. The van der Waals surface area contributed by atoms with Crippen LogP contribution in [0, 0.1) is 21.4 Å². The standard InChI is InChI=1S/C22H15ClN2O3/c23-20-9-7-18(8-10-20)19(14-24)12-17-6-11-22(21(13-17)25(26)27)28-15-16-4-2-1-3-5-16/h1-13H,15H2/b19-12-. The van der Waals surface area contributed by atoms with E-state index in [4.69, 9.17) is 16.3 Å². The van der Waals surface area contributed by atoms with Crippen molar-refractivity contribution in [3.63, 3.8) is 0 Å². The zero-order valence-electron chi connectivity index (χ0n) is 14.7. The van der Waals surface area contributed by atoms with Gasteiger partial charge in [-0.15, -0.1) is 0 Å². The summed E-state index contributed by atoms with van der Waals surface area (Å²) in [5.41, 5.74) is 2.35. The van der Waals surface area contributed by atoms with Gasteiger partial charge < -0.3 is 4.74 Å². The van der Waals surface area contributed by atoms with Crippen LogP contribution < -0.4 is 4.74 Å². The lowest BCUT2D eigenvalue weighted by molar-refractivity contribution is -0.386. The van der Waals surface area contributed by atoms with Crippen molar-refractivity contribution in [1.29, 1.82) is 5.26 Å². The monoisotopic (exact) mass is 390 g/mol. The largest absolute Gasteiger partial charge is 0.482 e. The number of nitro benzene ring substituents is 1. The molecule has 0 N–H and O–H groups in total. The molecule has 0 aliphatic heterocycles. The lowest BCUT2D eigenvalue weighted by Crippen LogP contribution is -1.99. The molecular formula is C22H15ClN2O3. The van der Waals surface area contributed by atoms with Crippen LogP contribution in [0.1, 0.15) is 16.7 Å². The summed E-state index contributed by atoms with van der Waals surface area (Å²) in [6.45, 7) is 0.227. The molecule has 0 unspecified atom stereocenters. The molecule has 3 aromatic rings. The Morgan fingerprint density at radius 1 is 1.11 bits per heavy atom. The van der Waals surface area contributed by atoms with E-state index in [9.17, 15) is 15.4 Å². The lowest BCUT2D eigenvalue weighted by Gasteiger charge is -2.08. The van der Waals surface area contributed by atoms with Gasteiger partial charge in [0.1, 0.15) is 6.61 Å². The molecule has 0 bridgehead atoms. The van der Waals surface area contributed by atoms with E-state index in [1.807, 2.05) is 30.3 Å². The van der Waals surface area contributed by atoms with Crippen molar-refractivity contribution in [2.75, 3.05) is 0 Å². The lowest BCUT2D eigenvalue weighted by atomic mass is 10.0. The van der Waals surface area contributed by atoms with Crippen LogP contribution in [0.5, 0.6) is 5.75 Å². The summed E-state index contributed by atoms with van der Waals surface area (Å²) >= 11 is 5.88. The number of nitro groups is 1. The summed E-state index contributed by atoms with van der Waals surface area (Å²) in [6, 6.07) is 23.0. The van der Waals surface area contributed by atoms with Crippen molar-refractivity contribution in [1.82, 2.24) is 0 Å². The van der Waals surface area contributed by atoms with Crippen molar-refractivity contribution in [3.8, 4) is 11.8 Å². The second kappa shape index (κ2) is 8.85. The van der Waals surface area contributed by atoms with Gasteiger partial charge in [0.25, 0.3) is 0 Å². The molecule has 3 rings (SSSR count). The number of nitrogens with zero attached hydrogens (tertiary/aromatic N) is 2. The van der Waals surface area contributed by atoms with Gasteiger partial charge in [-0.1, -0.05) is 60.1 Å². The minimum Gasteiger partial charge on any atom is -0.482 e. The first kappa shape index (κ1) is 19.2. The molecule has 5 nitrogen and oxygen atoms in total. The van der Waals surface area contributed by atoms with Gasteiger partial charge in [0.2, 0.25) is 0 Å². The number of rotatable bonds is 6. The third kappa shape index (κ3) is 4.76. The number of allylic oxidation sites excluding steroid dienone is 1. The third-order valence-electron chi connectivity index (χ3n) is 4.00. The number of halogens is 1. The van der Waals surface area contributed by atoms with Crippen molar-refractivity contribution in [2.24, 2.45) is 0 Å². The zero-order chi connectivity index (χ0) is 19.9. The van der Waals surface area contributed by atoms with Crippen LogP contribution in [0.25, 0.3) is 11.6 Å². The molecule has 138 valence electrons. The van der Waals surface area contributed by atoms with Crippen LogP contribution in [0.3, 0.4) is 0 Å². The van der Waals surface area contributed by atoms with Crippen molar-refractivity contribution in [3.05, 3.63) is 105 Å². The molecule has 0 fully saturated rings. The minimum atomic E-state index is -0.494. The molecule has 0 aromatic heterocycles. The Bertz CT molecular complexity index is 1060. The highest BCUT2D eigenvalue weighted by Crippen LogP contribution is 2.30. The van der Waals surface area contributed by atoms with Crippen LogP contribution in [0.2, 0.25) is 5.02 Å². The zero-order valence-corrected chi connectivity index (χ0v) is 15.5.